The van der Waals surface area contributed by atoms with Crippen molar-refractivity contribution in [2.45, 2.75) is 19.1 Å². The maximum absolute atomic E-state index is 13.0. The number of hydrogen-bond acceptors (Lipinski definition) is 6. The Labute approximate surface area is 184 Å². The summed E-state index contributed by atoms with van der Waals surface area (Å²) in [5.74, 6) is -2.85. The third kappa shape index (κ3) is 5.07. The van der Waals surface area contributed by atoms with Gasteiger partial charge in [0, 0.05) is 50.0 Å². The predicted molar refractivity (Wildman–Crippen MR) is 110 cm³/mol. The Hall–Kier alpha value is -3.41. The molecule has 1 aliphatic rings. The lowest BCUT2D eigenvalue weighted by atomic mass is 10.1. The van der Waals surface area contributed by atoms with Crippen LogP contribution < -0.4 is 4.90 Å². The van der Waals surface area contributed by atoms with Gasteiger partial charge in [-0.25, -0.2) is 9.78 Å². The molecule has 3 aromatic rings. The van der Waals surface area contributed by atoms with E-state index in [0.717, 1.165) is 18.8 Å². The molecule has 0 radical (unpaired) electrons. The van der Waals surface area contributed by atoms with E-state index >= 15 is 0 Å². The summed E-state index contributed by atoms with van der Waals surface area (Å²) in [7, 11) is 0. The number of H-pyrrole nitrogens is 1. The van der Waals surface area contributed by atoms with Crippen LogP contribution in [0.2, 0.25) is 5.02 Å². The molecule has 1 saturated heterocycles. The van der Waals surface area contributed by atoms with Gasteiger partial charge in [0.15, 0.2) is 5.65 Å². The molecular formula is C19H18ClF3N6O3. The predicted octanol–water partition coefficient (Wildman–Crippen LogP) is 2.99. The van der Waals surface area contributed by atoms with Crippen molar-refractivity contribution in [3.8, 4) is 0 Å². The molecule has 4 heterocycles. The second-order valence-corrected chi connectivity index (χ2v) is 7.30. The number of carbonyl (C=O) groups is 2. The molecule has 9 nitrogen and oxygen atoms in total. The lowest BCUT2D eigenvalue weighted by Gasteiger charge is -2.40. The quantitative estimate of drug-likeness (QED) is 0.591. The molecule has 0 aliphatic carbocycles. The van der Waals surface area contributed by atoms with Gasteiger partial charge in [-0.2, -0.15) is 18.3 Å². The van der Waals surface area contributed by atoms with Crippen molar-refractivity contribution >= 4 is 40.2 Å². The van der Waals surface area contributed by atoms with Crippen LogP contribution in [0.4, 0.5) is 18.9 Å². The summed E-state index contributed by atoms with van der Waals surface area (Å²) in [6.45, 7) is 4.19. The van der Waals surface area contributed by atoms with E-state index in [1.807, 2.05) is 24.0 Å². The number of aliphatic carboxylic acids is 1. The Bertz CT molecular complexity index is 1110. The molecule has 1 unspecified atom stereocenters. The van der Waals surface area contributed by atoms with Gasteiger partial charge in [0.2, 0.25) is 0 Å². The first-order valence-electron chi connectivity index (χ1n) is 9.34. The van der Waals surface area contributed by atoms with Gasteiger partial charge in [0.05, 0.1) is 10.4 Å². The molecule has 1 fully saturated rings. The SMILES string of the molecule is CC1CN(c2ccncc2)CCN1C(=O)c1[nH]nc2nccc(Cl)c12.O=C(O)C(F)(F)F. The number of carboxylic acids is 1. The summed E-state index contributed by atoms with van der Waals surface area (Å²) < 4.78 is 31.7. The Morgan fingerprint density at radius 3 is 2.44 bits per heavy atom. The second kappa shape index (κ2) is 9.39. The van der Waals surface area contributed by atoms with Crippen molar-refractivity contribution in [2.75, 3.05) is 24.5 Å². The molecule has 170 valence electrons. The van der Waals surface area contributed by atoms with Gasteiger partial charge < -0.3 is 14.9 Å². The summed E-state index contributed by atoms with van der Waals surface area (Å²) in [5, 5.41) is 15.1. The van der Waals surface area contributed by atoms with Crippen molar-refractivity contribution in [1.29, 1.82) is 0 Å². The van der Waals surface area contributed by atoms with Crippen LogP contribution in [0.15, 0.2) is 36.8 Å². The van der Waals surface area contributed by atoms with Crippen LogP contribution in [0.3, 0.4) is 0 Å². The number of alkyl halides is 3. The van der Waals surface area contributed by atoms with E-state index in [2.05, 4.69) is 25.1 Å². The Kier molecular flexibility index (Phi) is 6.82. The Balaban J connectivity index is 0.000000360. The highest BCUT2D eigenvalue weighted by atomic mass is 35.5. The largest absolute Gasteiger partial charge is 0.490 e. The van der Waals surface area contributed by atoms with Crippen molar-refractivity contribution < 1.29 is 27.9 Å². The third-order valence-corrected chi connectivity index (χ3v) is 5.09. The minimum absolute atomic E-state index is 0.0585. The van der Waals surface area contributed by atoms with E-state index in [9.17, 15) is 18.0 Å². The fourth-order valence-corrected chi connectivity index (χ4v) is 3.49. The maximum Gasteiger partial charge on any atom is 0.490 e. The normalized spacial score (nSPS) is 16.5. The number of pyridine rings is 2. The number of piperazine rings is 1. The number of halogens is 4. The molecule has 3 aromatic heterocycles. The van der Waals surface area contributed by atoms with E-state index in [-0.39, 0.29) is 11.9 Å². The standard InChI is InChI=1S/C17H17ClN6O.C2HF3O2/c1-11-10-23(12-2-5-19-6-3-12)8-9-24(11)17(25)15-14-13(18)4-7-20-16(14)22-21-15;3-2(4,5)1(6)7/h2-7,11H,8-10H2,1H3,(H,20,21,22);(H,6,7). The van der Waals surface area contributed by atoms with Gasteiger partial charge >= 0.3 is 12.1 Å². The molecule has 13 heteroatoms. The van der Waals surface area contributed by atoms with Gasteiger partial charge in [-0.1, -0.05) is 11.6 Å². The fraction of sp³-hybridized carbons (Fsp3) is 0.316. The van der Waals surface area contributed by atoms with E-state index in [4.69, 9.17) is 21.5 Å². The number of nitrogens with one attached hydrogen (secondary N) is 1. The average Bonchev–Trinajstić information content (AvgIpc) is 3.19. The van der Waals surface area contributed by atoms with Crippen LogP contribution in [-0.4, -0.2) is 73.9 Å². The zero-order valence-electron chi connectivity index (χ0n) is 16.7. The first-order chi connectivity index (χ1) is 15.1. The van der Waals surface area contributed by atoms with Crippen LogP contribution in [0.5, 0.6) is 0 Å². The van der Waals surface area contributed by atoms with Crippen molar-refractivity contribution in [1.82, 2.24) is 25.1 Å². The molecule has 0 bridgehead atoms. The minimum atomic E-state index is -5.08. The fourth-order valence-electron chi connectivity index (χ4n) is 3.26. The number of rotatable bonds is 2. The number of anilines is 1. The number of hydrogen-bond donors (Lipinski definition) is 2. The maximum atomic E-state index is 13.0. The number of fused-ring (bicyclic) bond motifs is 1. The lowest BCUT2D eigenvalue weighted by molar-refractivity contribution is -0.192. The summed E-state index contributed by atoms with van der Waals surface area (Å²) in [6, 6.07) is 5.69. The van der Waals surface area contributed by atoms with E-state index < -0.39 is 12.1 Å². The lowest BCUT2D eigenvalue weighted by Crippen LogP contribution is -2.54. The van der Waals surface area contributed by atoms with Crippen LogP contribution in [0.1, 0.15) is 17.4 Å². The molecule has 0 aromatic carbocycles. The Morgan fingerprint density at radius 2 is 1.84 bits per heavy atom. The number of carbonyl (C=O) groups excluding carboxylic acids is 1. The van der Waals surface area contributed by atoms with Crippen LogP contribution >= 0.6 is 11.6 Å². The smallest absolute Gasteiger partial charge is 0.475 e. The number of amides is 1. The van der Waals surface area contributed by atoms with Gasteiger partial charge in [-0.15, -0.1) is 0 Å². The Morgan fingerprint density at radius 1 is 1.19 bits per heavy atom. The number of nitrogens with zero attached hydrogens (tertiary/aromatic N) is 5. The van der Waals surface area contributed by atoms with Gasteiger partial charge in [-0.3, -0.25) is 14.9 Å². The number of aromatic nitrogens is 4. The molecule has 1 amide bonds. The molecule has 32 heavy (non-hydrogen) atoms. The average molecular weight is 471 g/mol. The zero-order chi connectivity index (χ0) is 23.5. The highest BCUT2D eigenvalue weighted by molar-refractivity contribution is 6.36. The highest BCUT2D eigenvalue weighted by Gasteiger charge is 2.38. The zero-order valence-corrected chi connectivity index (χ0v) is 17.4. The highest BCUT2D eigenvalue weighted by Crippen LogP contribution is 2.26. The van der Waals surface area contributed by atoms with Crippen LogP contribution in [0, 0.1) is 0 Å². The van der Waals surface area contributed by atoms with Gasteiger partial charge in [0.1, 0.15) is 5.69 Å². The molecule has 0 spiro atoms. The summed E-state index contributed by atoms with van der Waals surface area (Å²) in [5.41, 5.74) is 1.98. The van der Waals surface area contributed by atoms with Crippen molar-refractivity contribution in [3.05, 3.63) is 47.5 Å². The van der Waals surface area contributed by atoms with Gasteiger partial charge in [0.25, 0.3) is 5.91 Å². The molecular weight excluding hydrogens is 453 g/mol. The van der Waals surface area contributed by atoms with Crippen LogP contribution in [-0.2, 0) is 4.79 Å². The van der Waals surface area contributed by atoms with E-state index in [0.29, 0.717) is 28.3 Å². The third-order valence-electron chi connectivity index (χ3n) is 4.78. The summed E-state index contributed by atoms with van der Waals surface area (Å²) in [6.07, 6.45) is 0.0579. The van der Waals surface area contributed by atoms with Crippen molar-refractivity contribution in [2.24, 2.45) is 0 Å². The molecule has 0 saturated carbocycles. The molecule has 2 N–H and O–H groups in total. The van der Waals surface area contributed by atoms with Gasteiger partial charge in [-0.05, 0) is 25.1 Å². The van der Waals surface area contributed by atoms with Crippen LogP contribution in [0.25, 0.3) is 11.0 Å². The number of aromatic amines is 1. The first kappa shape index (κ1) is 23.3. The second-order valence-electron chi connectivity index (χ2n) is 6.89. The first-order valence-corrected chi connectivity index (χ1v) is 9.72. The summed E-state index contributed by atoms with van der Waals surface area (Å²) in [4.78, 5) is 34.2. The topological polar surface area (TPSA) is 115 Å². The summed E-state index contributed by atoms with van der Waals surface area (Å²) >= 11 is 6.24. The number of carboxylic acid groups (broad SMARTS) is 1. The van der Waals surface area contributed by atoms with Crippen molar-refractivity contribution in [3.63, 3.8) is 0 Å². The minimum Gasteiger partial charge on any atom is -0.475 e. The monoisotopic (exact) mass is 470 g/mol. The van der Waals surface area contributed by atoms with E-state index in [1.165, 1.54) is 0 Å². The molecule has 1 atom stereocenters. The van der Waals surface area contributed by atoms with E-state index in [1.54, 1.807) is 24.7 Å². The molecule has 4 rings (SSSR count). The molecule has 1 aliphatic heterocycles.